The Bertz CT molecular complexity index is 1090. The maximum Gasteiger partial charge on any atom is 0.257 e. The zero-order valence-electron chi connectivity index (χ0n) is 15.7. The second-order valence-corrected chi connectivity index (χ2v) is 7.92. The molecule has 0 fully saturated rings. The molecule has 0 aliphatic heterocycles. The van der Waals surface area contributed by atoms with E-state index in [4.69, 9.17) is 4.74 Å². The quantitative estimate of drug-likeness (QED) is 0.531. The summed E-state index contributed by atoms with van der Waals surface area (Å²) in [5, 5.41) is 5.70. The van der Waals surface area contributed by atoms with Gasteiger partial charge < -0.3 is 10.1 Å². The van der Waals surface area contributed by atoms with E-state index in [0.717, 1.165) is 21.7 Å². The molecular weight excluding hydrogens is 388 g/mol. The first-order valence-electron chi connectivity index (χ1n) is 9.13. The van der Waals surface area contributed by atoms with Crippen molar-refractivity contribution in [1.29, 1.82) is 0 Å². The Labute approximate surface area is 170 Å². The highest BCUT2D eigenvalue weighted by molar-refractivity contribution is 7.92. The minimum absolute atomic E-state index is 0.0848. The standard InChI is InChI=1S/C22H22N2O4S/c25-22(17-28-21-12-6-10-19-9-4-5-11-20(19)21)23-14-15-24-29(26,27)16-13-18-7-2-1-3-8-18/h1-13,16,24H,14-15,17H2,(H,23,25). The Balaban J connectivity index is 1.41. The zero-order valence-corrected chi connectivity index (χ0v) is 16.6. The van der Waals surface area contributed by atoms with E-state index in [1.807, 2.05) is 72.8 Å². The van der Waals surface area contributed by atoms with Crippen molar-refractivity contribution < 1.29 is 17.9 Å². The van der Waals surface area contributed by atoms with E-state index in [1.165, 1.54) is 6.08 Å². The topological polar surface area (TPSA) is 84.5 Å². The average Bonchev–Trinajstić information content (AvgIpc) is 2.75. The summed E-state index contributed by atoms with van der Waals surface area (Å²) in [6.07, 6.45) is 1.51. The van der Waals surface area contributed by atoms with Crippen LogP contribution in [0.5, 0.6) is 5.75 Å². The van der Waals surface area contributed by atoms with Crippen LogP contribution >= 0.6 is 0 Å². The Morgan fingerprint density at radius 3 is 2.45 bits per heavy atom. The van der Waals surface area contributed by atoms with Gasteiger partial charge in [0.2, 0.25) is 10.0 Å². The van der Waals surface area contributed by atoms with Gasteiger partial charge in [-0.2, -0.15) is 0 Å². The van der Waals surface area contributed by atoms with E-state index in [1.54, 1.807) is 0 Å². The van der Waals surface area contributed by atoms with Gasteiger partial charge in [0.25, 0.3) is 5.91 Å². The van der Waals surface area contributed by atoms with Gasteiger partial charge in [-0.05, 0) is 23.1 Å². The van der Waals surface area contributed by atoms with Crippen LogP contribution in [0.15, 0.2) is 78.2 Å². The van der Waals surface area contributed by atoms with E-state index in [0.29, 0.717) is 5.75 Å². The first kappa shape index (κ1) is 20.6. The largest absolute Gasteiger partial charge is 0.483 e. The Morgan fingerprint density at radius 1 is 0.897 bits per heavy atom. The van der Waals surface area contributed by atoms with Gasteiger partial charge in [0.1, 0.15) is 5.75 Å². The van der Waals surface area contributed by atoms with Crippen molar-refractivity contribution in [3.8, 4) is 5.75 Å². The van der Waals surface area contributed by atoms with Crippen molar-refractivity contribution >= 4 is 32.8 Å². The monoisotopic (exact) mass is 410 g/mol. The van der Waals surface area contributed by atoms with Crippen LogP contribution in [0.25, 0.3) is 16.8 Å². The highest BCUT2D eigenvalue weighted by Gasteiger charge is 2.07. The third-order valence-electron chi connectivity index (χ3n) is 4.10. The second-order valence-electron chi connectivity index (χ2n) is 6.27. The highest BCUT2D eigenvalue weighted by Crippen LogP contribution is 2.24. The summed E-state index contributed by atoms with van der Waals surface area (Å²) >= 11 is 0. The van der Waals surface area contributed by atoms with E-state index < -0.39 is 10.0 Å². The van der Waals surface area contributed by atoms with Crippen molar-refractivity contribution in [2.24, 2.45) is 0 Å². The molecule has 0 saturated carbocycles. The highest BCUT2D eigenvalue weighted by atomic mass is 32.2. The molecule has 0 spiro atoms. The molecule has 0 bridgehead atoms. The van der Waals surface area contributed by atoms with Crippen molar-refractivity contribution in [3.05, 3.63) is 83.8 Å². The number of amides is 1. The van der Waals surface area contributed by atoms with Gasteiger partial charge in [0, 0.05) is 23.9 Å². The lowest BCUT2D eigenvalue weighted by atomic mass is 10.1. The lowest BCUT2D eigenvalue weighted by Crippen LogP contribution is -2.36. The molecule has 0 saturated heterocycles. The van der Waals surface area contributed by atoms with E-state index >= 15 is 0 Å². The number of carbonyl (C=O) groups excluding carboxylic acids is 1. The fourth-order valence-electron chi connectivity index (χ4n) is 2.69. The Kier molecular flexibility index (Phi) is 6.99. The summed E-state index contributed by atoms with van der Waals surface area (Å²) in [5.41, 5.74) is 0.789. The van der Waals surface area contributed by atoms with E-state index in [-0.39, 0.29) is 25.6 Å². The van der Waals surface area contributed by atoms with Crippen LogP contribution in [0.2, 0.25) is 0 Å². The van der Waals surface area contributed by atoms with Crippen LogP contribution in [0, 0.1) is 0 Å². The first-order valence-corrected chi connectivity index (χ1v) is 10.7. The van der Waals surface area contributed by atoms with Gasteiger partial charge in [0.05, 0.1) is 0 Å². The second kappa shape index (κ2) is 9.86. The summed E-state index contributed by atoms with van der Waals surface area (Å²) in [5.74, 6) is 0.307. The smallest absolute Gasteiger partial charge is 0.257 e. The molecule has 2 N–H and O–H groups in total. The molecule has 0 aliphatic carbocycles. The number of benzene rings is 3. The normalized spacial score (nSPS) is 11.6. The molecular formula is C22H22N2O4S. The Morgan fingerprint density at radius 2 is 1.62 bits per heavy atom. The van der Waals surface area contributed by atoms with Crippen LogP contribution in [-0.2, 0) is 14.8 Å². The van der Waals surface area contributed by atoms with E-state index in [9.17, 15) is 13.2 Å². The molecule has 0 unspecified atom stereocenters. The zero-order chi connectivity index (χ0) is 20.5. The van der Waals surface area contributed by atoms with Crippen molar-refractivity contribution in [2.45, 2.75) is 0 Å². The number of hydrogen-bond acceptors (Lipinski definition) is 4. The van der Waals surface area contributed by atoms with Gasteiger partial charge >= 0.3 is 0 Å². The molecule has 0 atom stereocenters. The van der Waals surface area contributed by atoms with Crippen molar-refractivity contribution in [2.75, 3.05) is 19.7 Å². The number of hydrogen-bond donors (Lipinski definition) is 2. The van der Waals surface area contributed by atoms with E-state index in [2.05, 4.69) is 10.0 Å². The molecule has 0 radical (unpaired) electrons. The molecule has 0 aromatic heterocycles. The summed E-state index contributed by atoms with van der Waals surface area (Å²) in [7, 11) is -3.57. The number of nitrogens with one attached hydrogen (secondary N) is 2. The number of carbonyl (C=O) groups is 1. The van der Waals surface area contributed by atoms with Gasteiger partial charge in [-0.1, -0.05) is 66.7 Å². The minimum Gasteiger partial charge on any atom is -0.483 e. The third kappa shape index (κ3) is 6.44. The average molecular weight is 410 g/mol. The predicted molar refractivity (Wildman–Crippen MR) is 115 cm³/mol. The molecule has 3 aromatic rings. The maximum atomic E-state index is 12.0. The number of fused-ring (bicyclic) bond motifs is 1. The van der Waals surface area contributed by atoms with Gasteiger partial charge in [0.15, 0.2) is 6.61 Å². The maximum absolute atomic E-state index is 12.0. The molecule has 6 nitrogen and oxygen atoms in total. The number of sulfonamides is 1. The van der Waals surface area contributed by atoms with Crippen LogP contribution in [-0.4, -0.2) is 34.0 Å². The first-order chi connectivity index (χ1) is 14.0. The van der Waals surface area contributed by atoms with Gasteiger partial charge in [-0.15, -0.1) is 0 Å². The van der Waals surface area contributed by atoms with Crippen LogP contribution < -0.4 is 14.8 Å². The van der Waals surface area contributed by atoms with Crippen molar-refractivity contribution in [1.82, 2.24) is 10.0 Å². The van der Waals surface area contributed by atoms with Gasteiger partial charge in [-0.3, -0.25) is 4.79 Å². The molecule has 150 valence electrons. The number of ether oxygens (including phenoxy) is 1. The lowest BCUT2D eigenvalue weighted by molar-refractivity contribution is -0.123. The summed E-state index contributed by atoms with van der Waals surface area (Å²) in [4.78, 5) is 12.0. The molecule has 29 heavy (non-hydrogen) atoms. The predicted octanol–water partition coefficient (Wildman–Crippen LogP) is 2.93. The summed E-state index contributed by atoms with van der Waals surface area (Å²) in [6, 6.07) is 22.5. The molecule has 1 amide bonds. The third-order valence-corrected chi connectivity index (χ3v) is 5.20. The van der Waals surface area contributed by atoms with Crippen LogP contribution in [0.1, 0.15) is 5.56 Å². The van der Waals surface area contributed by atoms with Crippen molar-refractivity contribution in [3.63, 3.8) is 0 Å². The fraction of sp³-hybridized carbons (Fsp3) is 0.136. The SMILES string of the molecule is O=C(COc1cccc2ccccc12)NCCNS(=O)(=O)C=Cc1ccccc1. The van der Waals surface area contributed by atoms with Crippen LogP contribution in [0.3, 0.4) is 0 Å². The Hall–Kier alpha value is -3.16. The molecule has 0 heterocycles. The van der Waals surface area contributed by atoms with Crippen LogP contribution in [0.4, 0.5) is 0 Å². The summed E-state index contributed by atoms with van der Waals surface area (Å²) in [6.45, 7) is 0.103. The molecule has 3 aromatic carbocycles. The summed E-state index contributed by atoms with van der Waals surface area (Å²) < 4.78 is 31.9. The fourth-order valence-corrected chi connectivity index (χ4v) is 3.51. The lowest BCUT2D eigenvalue weighted by Gasteiger charge is -2.10. The number of rotatable bonds is 9. The molecule has 0 aliphatic rings. The van der Waals surface area contributed by atoms with Gasteiger partial charge in [-0.25, -0.2) is 13.1 Å². The molecule has 7 heteroatoms. The molecule has 3 rings (SSSR count). The minimum atomic E-state index is -3.57.